The molecule has 1 aliphatic heterocycles. The summed E-state index contributed by atoms with van der Waals surface area (Å²) in [6, 6.07) is 10.5. The number of phenols is 2. The maximum Gasteiger partial charge on any atom is 0.176 e. The van der Waals surface area contributed by atoms with E-state index in [9.17, 15) is 10.2 Å². The van der Waals surface area contributed by atoms with Crippen molar-refractivity contribution < 1.29 is 19.7 Å². The molecule has 0 fully saturated rings. The fourth-order valence-corrected chi connectivity index (χ4v) is 2.56. The Balaban J connectivity index is 1.76. The first-order chi connectivity index (χ1) is 11.2. The minimum Gasteiger partial charge on any atom is -0.504 e. The summed E-state index contributed by atoms with van der Waals surface area (Å²) in [6.07, 6.45) is 2.09. The highest BCUT2D eigenvalue weighted by Gasteiger charge is 2.23. The Hall–Kier alpha value is -2.66. The first-order valence-corrected chi connectivity index (χ1v) is 7.46. The molecule has 1 unspecified atom stereocenters. The summed E-state index contributed by atoms with van der Waals surface area (Å²) in [5.74, 6) is 1.19. The lowest BCUT2D eigenvalue weighted by molar-refractivity contribution is 0.158. The third kappa shape index (κ3) is 3.40. The molecule has 3 rings (SSSR count). The zero-order chi connectivity index (χ0) is 16.2. The molecule has 5 nitrogen and oxygen atoms in total. The highest BCUT2D eigenvalue weighted by molar-refractivity contribution is 5.47. The number of nitrogens with one attached hydrogen (secondary N) is 1. The Morgan fingerprint density at radius 3 is 2.57 bits per heavy atom. The van der Waals surface area contributed by atoms with Crippen molar-refractivity contribution in [1.29, 1.82) is 0 Å². The second kappa shape index (κ2) is 6.62. The van der Waals surface area contributed by atoms with Crippen molar-refractivity contribution in [2.24, 2.45) is 0 Å². The lowest BCUT2D eigenvalue weighted by atomic mass is 9.98. The standard InChI is InChI=1S/C18H19NO4/c1-2-9-22-13-3-5-14(6-4-13)23-18-15-11-17(21)16(20)10-12(15)7-8-19-18/h2-6,10-11,18-21H,1,7-9H2. The zero-order valence-corrected chi connectivity index (χ0v) is 12.7. The van der Waals surface area contributed by atoms with E-state index in [1.165, 1.54) is 0 Å². The maximum atomic E-state index is 9.72. The third-order valence-electron chi connectivity index (χ3n) is 3.69. The van der Waals surface area contributed by atoms with Gasteiger partial charge in [0.15, 0.2) is 17.7 Å². The minimum atomic E-state index is -0.370. The number of benzene rings is 2. The summed E-state index contributed by atoms with van der Waals surface area (Å²) in [5, 5.41) is 22.6. The lowest BCUT2D eigenvalue weighted by Gasteiger charge is -2.28. The average Bonchev–Trinajstić information content (AvgIpc) is 2.56. The first kappa shape index (κ1) is 15.2. The fraction of sp³-hybridized carbons (Fsp3) is 0.222. The van der Waals surface area contributed by atoms with Gasteiger partial charge in [0.05, 0.1) is 0 Å². The number of ether oxygens (including phenoxy) is 2. The molecule has 0 aliphatic carbocycles. The van der Waals surface area contributed by atoms with Crippen LogP contribution in [0.25, 0.3) is 0 Å². The summed E-state index contributed by atoms with van der Waals surface area (Å²) in [4.78, 5) is 0. The van der Waals surface area contributed by atoms with Crippen molar-refractivity contribution in [1.82, 2.24) is 5.32 Å². The number of hydrogen-bond acceptors (Lipinski definition) is 5. The van der Waals surface area contributed by atoms with Crippen molar-refractivity contribution >= 4 is 0 Å². The monoisotopic (exact) mass is 313 g/mol. The molecule has 1 atom stereocenters. The molecule has 2 aromatic carbocycles. The number of aromatic hydroxyl groups is 2. The summed E-state index contributed by atoms with van der Waals surface area (Å²) < 4.78 is 11.4. The SMILES string of the molecule is C=CCOc1ccc(OC2NCCc3cc(O)c(O)cc32)cc1. The molecular formula is C18H19NO4. The molecule has 0 aromatic heterocycles. The van der Waals surface area contributed by atoms with E-state index in [2.05, 4.69) is 11.9 Å². The van der Waals surface area contributed by atoms with Crippen LogP contribution in [-0.2, 0) is 6.42 Å². The normalized spacial score (nSPS) is 16.4. The van der Waals surface area contributed by atoms with Crippen LogP contribution in [0, 0.1) is 0 Å². The molecule has 2 aromatic rings. The molecule has 23 heavy (non-hydrogen) atoms. The predicted octanol–water partition coefficient (Wildman–Crippen LogP) is 2.89. The molecule has 0 saturated carbocycles. The van der Waals surface area contributed by atoms with Crippen molar-refractivity contribution in [3.63, 3.8) is 0 Å². The Kier molecular flexibility index (Phi) is 4.39. The molecule has 0 spiro atoms. The Bertz CT molecular complexity index is 697. The highest BCUT2D eigenvalue weighted by Crippen LogP contribution is 2.34. The van der Waals surface area contributed by atoms with Gasteiger partial charge in [0.2, 0.25) is 0 Å². The van der Waals surface area contributed by atoms with Crippen LogP contribution in [0.5, 0.6) is 23.0 Å². The smallest absolute Gasteiger partial charge is 0.176 e. The van der Waals surface area contributed by atoms with Crippen molar-refractivity contribution in [3.8, 4) is 23.0 Å². The van der Waals surface area contributed by atoms with Crippen molar-refractivity contribution in [2.75, 3.05) is 13.2 Å². The lowest BCUT2D eigenvalue weighted by Crippen LogP contribution is -2.33. The Labute approximate surface area is 134 Å². The maximum absolute atomic E-state index is 9.72. The molecular weight excluding hydrogens is 294 g/mol. The van der Waals surface area contributed by atoms with Gasteiger partial charge in [-0.25, -0.2) is 0 Å². The van der Waals surface area contributed by atoms with E-state index in [1.807, 2.05) is 24.3 Å². The number of hydrogen-bond donors (Lipinski definition) is 3. The van der Waals surface area contributed by atoms with Gasteiger partial charge < -0.3 is 19.7 Å². The van der Waals surface area contributed by atoms with Crippen molar-refractivity contribution in [3.05, 3.63) is 60.2 Å². The van der Waals surface area contributed by atoms with Gasteiger partial charge in [-0.3, -0.25) is 5.32 Å². The second-order valence-corrected chi connectivity index (χ2v) is 5.31. The van der Waals surface area contributed by atoms with Crippen LogP contribution in [0.15, 0.2) is 49.1 Å². The topological polar surface area (TPSA) is 71.0 Å². The van der Waals surface area contributed by atoms with Gasteiger partial charge in [0, 0.05) is 12.1 Å². The van der Waals surface area contributed by atoms with Gasteiger partial charge in [-0.2, -0.15) is 0 Å². The van der Waals surface area contributed by atoms with Crippen LogP contribution in [0.2, 0.25) is 0 Å². The van der Waals surface area contributed by atoms with E-state index in [0.717, 1.165) is 29.8 Å². The quantitative estimate of drug-likeness (QED) is 0.585. The van der Waals surface area contributed by atoms with Crippen LogP contribution in [-0.4, -0.2) is 23.4 Å². The van der Waals surface area contributed by atoms with Gasteiger partial charge in [-0.1, -0.05) is 12.7 Å². The number of phenolic OH excluding ortho intramolecular Hbond substituents is 2. The van der Waals surface area contributed by atoms with E-state index >= 15 is 0 Å². The van der Waals surface area contributed by atoms with Crippen LogP contribution < -0.4 is 14.8 Å². The molecule has 1 aliphatic rings. The van der Waals surface area contributed by atoms with E-state index in [0.29, 0.717) is 12.4 Å². The van der Waals surface area contributed by atoms with Gasteiger partial charge in [0.1, 0.15) is 18.1 Å². The van der Waals surface area contributed by atoms with Crippen LogP contribution in [0.4, 0.5) is 0 Å². The zero-order valence-electron chi connectivity index (χ0n) is 12.7. The summed E-state index contributed by atoms with van der Waals surface area (Å²) in [5.41, 5.74) is 1.80. The molecule has 0 bridgehead atoms. The van der Waals surface area contributed by atoms with Gasteiger partial charge in [-0.05, 0) is 48.4 Å². The molecule has 0 amide bonds. The van der Waals surface area contributed by atoms with Crippen LogP contribution in [0.3, 0.4) is 0 Å². The summed E-state index contributed by atoms with van der Waals surface area (Å²) in [6.45, 7) is 4.81. The minimum absolute atomic E-state index is 0.104. The summed E-state index contributed by atoms with van der Waals surface area (Å²) >= 11 is 0. The molecule has 1 heterocycles. The molecule has 5 heteroatoms. The van der Waals surface area contributed by atoms with Crippen molar-refractivity contribution in [2.45, 2.75) is 12.6 Å². The summed E-state index contributed by atoms with van der Waals surface area (Å²) in [7, 11) is 0. The largest absolute Gasteiger partial charge is 0.504 e. The van der Waals surface area contributed by atoms with Crippen LogP contribution in [0.1, 0.15) is 17.4 Å². The average molecular weight is 313 g/mol. The van der Waals surface area contributed by atoms with E-state index in [4.69, 9.17) is 9.47 Å². The Morgan fingerprint density at radius 2 is 1.83 bits per heavy atom. The number of fused-ring (bicyclic) bond motifs is 1. The third-order valence-corrected chi connectivity index (χ3v) is 3.69. The van der Waals surface area contributed by atoms with Gasteiger partial charge in [0.25, 0.3) is 0 Å². The molecule has 3 N–H and O–H groups in total. The highest BCUT2D eigenvalue weighted by atomic mass is 16.5. The predicted molar refractivity (Wildman–Crippen MR) is 87.0 cm³/mol. The van der Waals surface area contributed by atoms with E-state index in [-0.39, 0.29) is 17.7 Å². The van der Waals surface area contributed by atoms with Gasteiger partial charge >= 0.3 is 0 Å². The van der Waals surface area contributed by atoms with E-state index in [1.54, 1.807) is 18.2 Å². The number of rotatable bonds is 5. The first-order valence-electron chi connectivity index (χ1n) is 7.46. The van der Waals surface area contributed by atoms with Crippen LogP contribution >= 0.6 is 0 Å². The molecule has 0 radical (unpaired) electrons. The fourth-order valence-electron chi connectivity index (χ4n) is 2.56. The Morgan fingerprint density at radius 1 is 1.13 bits per heavy atom. The van der Waals surface area contributed by atoms with E-state index < -0.39 is 0 Å². The van der Waals surface area contributed by atoms with Gasteiger partial charge in [-0.15, -0.1) is 0 Å². The molecule has 0 saturated heterocycles. The second-order valence-electron chi connectivity index (χ2n) is 5.31. The molecule has 120 valence electrons.